The third-order valence-electron chi connectivity index (χ3n) is 8.61. The third-order valence-corrected chi connectivity index (χ3v) is 8.61. The van der Waals surface area contributed by atoms with Gasteiger partial charge in [0, 0.05) is 48.2 Å². The molecule has 0 spiro atoms. The Morgan fingerprint density at radius 3 is 2.29 bits per heavy atom. The second-order valence-corrected chi connectivity index (χ2v) is 12.4. The first kappa shape index (κ1) is 34.0. The highest BCUT2D eigenvalue weighted by Crippen LogP contribution is 2.48. The molecule has 2 amide bonds. The predicted octanol–water partition coefficient (Wildman–Crippen LogP) is 6.50. The Morgan fingerprint density at radius 1 is 0.939 bits per heavy atom. The number of morpholine rings is 1. The van der Waals surface area contributed by atoms with Crippen molar-refractivity contribution in [1.82, 2.24) is 9.88 Å². The van der Waals surface area contributed by atoms with Crippen LogP contribution in [-0.2, 0) is 14.3 Å². The number of ether oxygens (including phenoxy) is 4. The molecule has 0 bridgehead atoms. The highest BCUT2D eigenvalue weighted by molar-refractivity contribution is 6.17. The van der Waals surface area contributed by atoms with Crippen molar-refractivity contribution < 1.29 is 41.7 Å². The highest BCUT2D eigenvalue weighted by Gasteiger charge is 2.56. The van der Waals surface area contributed by atoms with Crippen LogP contribution in [0.25, 0.3) is 10.9 Å². The third kappa shape index (κ3) is 7.73. The van der Waals surface area contributed by atoms with E-state index in [1.54, 1.807) is 30.0 Å². The largest absolute Gasteiger partial charge is 0.493 e. The fraction of sp³-hybridized carbons (Fsp3) is 0.361. The molecule has 6 rings (SSSR count). The van der Waals surface area contributed by atoms with Gasteiger partial charge in [0.05, 0.1) is 32.4 Å². The van der Waals surface area contributed by atoms with E-state index >= 15 is 4.39 Å². The van der Waals surface area contributed by atoms with Crippen LogP contribution >= 0.6 is 0 Å². The summed E-state index contributed by atoms with van der Waals surface area (Å²) in [5.41, 5.74) is 1.30. The maximum Gasteiger partial charge on any atom is 0.293 e. The number of benzene rings is 3. The molecule has 2 heterocycles. The average molecular weight is 679 g/mol. The van der Waals surface area contributed by atoms with Gasteiger partial charge in [-0.15, -0.1) is 0 Å². The Morgan fingerprint density at radius 2 is 1.63 bits per heavy atom. The molecule has 2 aliphatic rings. The van der Waals surface area contributed by atoms with Gasteiger partial charge in [-0.3, -0.25) is 19.5 Å². The van der Waals surface area contributed by atoms with Gasteiger partial charge in [-0.1, -0.05) is 17.7 Å². The van der Waals surface area contributed by atoms with Crippen LogP contribution < -0.4 is 24.8 Å². The number of nitrogens with zero attached hydrogens (tertiary/aromatic N) is 2. The number of alkyl halides is 2. The topological polar surface area (TPSA) is 111 Å². The van der Waals surface area contributed by atoms with E-state index in [0.29, 0.717) is 61.3 Å². The van der Waals surface area contributed by atoms with Crippen LogP contribution in [0.4, 0.5) is 24.5 Å². The lowest BCUT2D eigenvalue weighted by atomic mass is 10.0. The number of fused-ring (bicyclic) bond motifs is 1. The fourth-order valence-corrected chi connectivity index (χ4v) is 5.67. The number of hydrogen-bond acceptors (Lipinski definition) is 8. The van der Waals surface area contributed by atoms with Gasteiger partial charge in [0.25, 0.3) is 5.92 Å². The number of methoxy groups -OCH3 is 1. The van der Waals surface area contributed by atoms with Crippen LogP contribution in [0.3, 0.4) is 0 Å². The van der Waals surface area contributed by atoms with Crippen molar-refractivity contribution in [1.29, 1.82) is 0 Å². The minimum absolute atomic E-state index is 0.0738. The van der Waals surface area contributed by atoms with Gasteiger partial charge in [-0.25, -0.2) is 13.2 Å². The molecule has 1 saturated carbocycles. The molecule has 13 heteroatoms. The Hall–Kier alpha value is -4.88. The van der Waals surface area contributed by atoms with E-state index in [1.807, 2.05) is 19.1 Å². The van der Waals surface area contributed by atoms with Crippen LogP contribution in [0.15, 0.2) is 60.8 Å². The normalized spacial score (nSPS) is 15.8. The van der Waals surface area contributed by atoms with E-state index in [4.69, 9.17) is 18.9 Å². The van der Waals surface area contributed by atoms with E-state index in [9.17, 15) is 18.4 Å². The smallest absolute Gasteiger partial charge is 0.293 e. The number of carbonyl (C=O) groups excluding carboxylic acids is 2. The van der Waals surface area contributed by atoms with Crippen molar-refractivity contribution in [3.05, 3.63) is 77.7 Å². The molecule has 49 heavy (non-hydrogen) atoms. The van der Waals surface area contributed by atoms with Gasteiger partial charge in [0.2, 0.25) is 11.8 Å². The minimum Gasteiger partial charge on any atom is -0.493 e. The number of pyridine rings is 1. The number of carbonyl (C=O) groups is 2. The summed E-state index contributed by atoms with van der Waals surface area (Å²) < 4.78 is 67.3. The fourth-order valence-electron chi connectivity index (χ4n) is 5.67. The van der Waals surface area contributed by atoms with Gasteiger partial charge in [0.15, 0.2) is 29.7 Å². The number of anilines is 2. The summed E-state index contributed by atoms with van der Waals surface area (Å²) >= 11 is 0. The number of amides is 2. The van der Waals surface area contributed by atoms with E-state index in [1.165, 1.54) is 31.5 Å². The molecule has 4 aromatic rings. The standard InChI is InChI=1S/C36H37F3N4O6/c1-22-4-6-24(7-5-22)41-33(44)35(9-10-35)34(45)42-25-16-23(2)32(27(37)17-25)49-29-8-11-40-28-19-31(30(46-3)18-26(28)29)48-21-36(38,39)20-43-12-14-47-15-13-43/h4-8,11,16-19H,9-10,12-15,20-21H2,1-3H3,(H,41,44)(H,42,45). The van der Waals surface area contributed by atoms with Crippen LogP contribution in [0.2, 0.25) is 0 Å². The molecule has 0 atom stereocenters. The first-order valence-electron chi connectivity index (χ1n) is 15.9. The molecule has 2 fully saturated rings. The molecule has 3 aromatic carbocycles. The number of nitrogens with one attached hydrogen (secondary N) is 2. The Kier molecular flexibility index (Phi) is 9.66. The maximum absolute atomic E-state index is 15.5. The Bertz CT molecular complexity index is 1840. The zero-order valence-corrected chi connectivity index (χ0v) is 27.4. The summed E-state index contributed by atoms with van der Waals surface area (Å²) in [6.45, 7) is 3.90. The number of hydrogen-bond donors (Lipinski definition) is 2. The van der Waals surface area contributed by atoms with E-state index in [0.717, 1.165) is 11.6 Å². The van der Waals surface area contributed by atoms with Gasteiger partial charge >= 0.3 is 0 Å². The lowest BCUT2D eigenvalue weighted by Crippen LogP contribution is -2.45. The summed E-state index contributed by atoms with van der Waals surface area (Å²) in [4.78, 5) is 32.2. The monoisotopic (exact) mass is 678 g/mol. The summed E-state index contributed by atoms with van der Waals surface area (Å²) in [5.74, 6) is -4.42. The van der Waals surface area contributed by atoms with Gasteiger partial charge in [-0.2, -0.15) is 0 Å². The second-order valence-electron chi connectivity index (χ2n) is 12.4. The van der Waals surface area contributed by atoms with Crippen LogP contribution in [-0.4, -0.2) is 74.2 Å². The lowest BCUT2D eigenvalue weighted by molar-refractivity contribution is -0.131. The molecule has 2 N–H and O–H groups in total. The van der Waals surface area contributed by atoms with Crippen molar-refractivity contribution in [2.75, 3.05) is 57.2 Å². The zero-order chi connectivity index (χ0) is 34.8. The molecule has 0 unspecified atom stereocenters. The van der Waals surface area contributed by atoms with Crippen LogP contribution in [0.5, 0.6) is 23.0 Å². The van der Waals surface area contributed by atoms with Gasteiger partial charge in [-0.05, 0) is 62.6 Å². The molecular formula is C36H37F3N4O6. The first-order chi connectivity index (χ1) is 23.5. The second kappa shape index (κ2) is 13.9. The Labute approximate surface area is 281 Å². The number of aromatic nitrogens is 1. The molecule has 1 aliphatic heterocycles. The van der Waals surface area contributed by atoms with Crippen molar-refractivity contribution in [2.24, 2.45) is 5.41 Å². The van der Waals surface area contributed by atoms with E-state index in [-0.39, 0.29) is 28.7 Å². The molecule has 10 nitrogen and oxygen atoms in total. The Balaban J connectivity index is 1.15. The molecule has 0 radical (unpaired) electrons. The van der Waals surface area contributed by atoms with E-state index < -0.39 is 42.1 Å². The number of aryl methyl sites for hydroxylation is 2. The molecule has 258 valence electrons. The molecule has 1 saturated heterocycles. The first-order valence-corrected chi connectivity index (χ1v) is 15.9. The summed E-state index contributed by atoms with van der Waals surface area (Å²) in [6, 6.07) is 14.5. The maximum atomic E-state index is 15.5. The molecule has 1 aromatic heterocycles. The zero-order valence-electron chi connectivity index (χ0n) is 27.4. The summed E-state index contributed by atoms with van der Waals surface area (Å²) in [6.07, 6.45) is 2.20. The van der Waals surface area contributed by atoms with Gasteiger partial charge in [0.1, 0.15) is 11.2 Å². The highest BCUT2D eigenvalue weighted by atomic mass is 19.3. The van der Waals surface area contributed by atoms with E-state index in [2.05, 4.69) is 15.6 Å². The quantitative estimate of drug-likeness (QED) is 0.164. The predicted molar refractivity (Wildman–Crippen MR) is 177 cm³/mol. The molecular weight excluding hydrogens is 641 g/mol. The van der Waals surface area contributed by atoms with Crippen molar-refractivity contribution in [3.63, 3.8) is 0 Å². The van der Waals surface area contributed by atoms with Crippen LogP contribution in [0, 0.1) is 25.1 Å². The minimum atomic E-state index is -3.12. The number of halogens is 3. The lowest BCUT2D eigenvalue weighted by Gasteiger charge is -2.30. The SMILES string of the molecule is COc1cc2c(Oc3c(C)cc(NC(=O)C4(C(=O)Nc5ccc(C)cc5)CC4)cc3F)ccnc2cc1OCC(F)(F)CN1CCOCC1. The van der Waals surface area contributed by atoms with Gasteiger partial charge < -0.3 is 29.6 Å². The van der Waals surface area contributed by atoms with Crippen molar-refractivity contribution in [3.8, 4) is 23.0 Å². The van der Waals surface area contributed by atoms with Crippen molar-refractivity contribution >= 4 is 34.1 Å². The number of rotatable bonds is 12. The van der Waals surface area contributed by atoms with Crippen molar-refractivity contribution in [2.45, 2.75) is 32.6 Å². The van der Waals surface area contributed by atoms with Crippen LogP contribution in [0.1, 0.15) is 24.0 Å². The summed E-state index contributed by atoms with van der Waals surface area (Å²) in [5, 5.41) is 5.92. The summed E-state index contributed by atoms with van der Waals surface area (Å²) in [7, 11) is 1.38. The molecule has 1 aliphatic carbocycles. The average Bonchev–Trinajstić information content (AvgIpc) is 3.89.